The van der Waals surface area contributed by atoms with Gasteiger partial charge in [0.25, 0.3) is 0 Å². The maximum atomic E-state index is 13.1. The highest BCUT2D eigenvalue weighted by molar-refractivity contribution is 9.08. The average Bonchev–Trinajstić information content (AvgIpc) is 2.42. The first kappa shape index (κ1) is 15.9. The Morgan fingerprint density at radius 1 is 1.00 bits per heavy atom. The number of aryl methyl sites for hydroxylation is 2. The molecule has 0 aliphatic rings. The first-order valence-electron chi connectivity index (χ1n) is 6.32. The van der Waals surface area contributed by atoms with Crippen LogP contribution in [0.25, 0.3) is 0 Å². The Kier molecular flexibility index (Phi) is 4.61. The molecule has 0 unspecified atom stereocenters. The van der Waals surface area contributed by atoms with E-state index in [2.05, 4.69) is 15.9 Å². The minimum atomic E-state index is -4.45. The van der Waals surface area contributed by atoms with Crippen LogP contribution in [0.4, 0.5) is 13.2 Å². The first-order valence-corrected chi connectivity index (χ1v) is 7.44. The number of ether oxygens (including phenoxy) is 1. The standard InChI is InChI=1S/C16H14BrF3O/c1-10-3-5-13(7-11(10)2)21-15-6-4-12(9-17)8-14(15)16(18,19)20/h3-8H,9H2,1-2H3. The van der Waals surface area contributed by atoms with Crippen molar-refractivity contribution < 1.29 is 17.9 Å². The number of halogens is 4. The van der Waals surface area contributed by atoms with Gasteiger partial charge in [-0.1, -0.05) is 28.1 Å². The van der Waals surface area contributed by atoms with Gasteiger partial charge in [-0.2, -0.15) is 13.2 Å². The summed E-state index contributed by atoms with van der Waals surface area (Å²) < 4.78 is 44.8. The van der Waals surface area contributed by atoms with Crippen molar-refractivity contribution in [1.82, 2.24) is 0 Å². The fraction of sp³-hybridized carbons (Fsp3) is 0.250. The molecule has 0 N–H and O–H groups in total. The topological polar surface area (TPSA) is 9.23 Å². The van der Waals surface area contributed by atoms with Gasteiger partial charge in [-0.05, 0) is 54.8 Å². The highest BCUT2D eigenvalue weighted by Gasteiger charge is 2.34. The second-order valence-corrected chi connectivity index (χ2v) is 5.37. The lowest BCUT2D eigenvalue weighted by molar-refractivity contribution is -0.138. The molecule has 0 aliphatic carbocycles. The lowest BCUT2D eigenvalue weighted by Gasteiger charge is -2.15. The highest BCUT2D eigenvalue weighted by Crippen LogP contribution is 2.39. The summed E-state index contributed by atoms with van der Waals surface area (Å²) in [6.45, 7) is 3.83. The molecule has 0 bridgehead atoms. The maximum absolute atomic E-state index is 13.1. The van der Waals surface area contributed by atoms with Crippen molar-refractivity contribution in [2.45, 2.75) is 25.4 Å². The van der Waals surface area contributed by atoms with Gasteiger partial charge in [0.15, 0.2) is 0 Å². The molecule has 2 aromatic carbocycles. The van der Waals surface area contributed by atoms with Gasteiger partial charge in [0.2, 0.25) is 0 Å². The van der Waals surface area contributed by atoms with Crippen LogP contribution in [0.3, 0.4) is 0 Å². The molecule has 112 valence electrons. The molecular formula is C16H14BrF3O. The summed E-state index contributed by atoms with van der Waals surface area (Å²) in [6, 6.07) is 9.29. The van der Waals surface area contributed by atoms with Gasteiger partial charge in [-0.25, -0.2) is 0 Å². The van der Waals surface area contributed by atoms with E-state index in [0.717, 1.165) is 17.2 Å². The number of rotatable bonds is 3. The van der Waals surface area contributed by atoms with E-state index in [0.29, 0.717) is 16.6 Å². The van der Waals surface area contributed by atoms with E-state index in [1.807, 2.05) is 19.9 Å². The minimum Gasteiger partial charge on any atom is -0.457 e. The van der Waals surface area contributed by atoms with Gasteiger partial charge in [0.05, 0.1) is 5.56 Å². The van der Waals surface area contributed by atoms with Gasteiger partial charge in [0, 0.05) is 5.33 Å². The summed E-state index contributed by atoms with van der Waals surface area (Å²) in [5, 5.41) is 0.361. The van der Waals surface area contributed by atoms with Crippen molar-refractivity contribution in [3.8, 4) is 11.5 Å². The Morgan fingerprint density at radius 2 is 1.71 bits per heavy atom. The van der Waals surface area contributed by atoms with Crippen LogP contribution in [0.1, 0.15) is 22.3 Å². The van der Waals surface area contributed by atoms with Crippen LogP contribution >= 0.6 is 15.9 Å². The smallest absolute Gasteiger partial charge is 0.419 e. The van der Waals surface area contributed by atoms with Crippen LogP contribution in [0, 0.1) is 13.8 Å². The summed E-state index contributed by atoms with van der Waals surface area (Å²) in [5.74, 6) is 0.214. The van der Waals surface area contributed by atoms with Gasteiger partial charge >= 0.3 is 6.18 Å². The third kappa shape index (κ3) is 3.79. The molecule has 0 aliphatic heterocycles. The summed E-state index contributed by atoms with van der Waals surface area (Å²) in [4.78, 5) is 0. The average molecular weight is 359 g/mol. The highest BCUT2D eigenvalue weighted by atomic mass is 79.9. The monoisotopic (exact) mass is 358 g/mol. The van der Waals surface area contributed by atoms with Crippen molar-refractivity contribution in [2.24, 2.45) is 0 Å². The Bertz CT molecular complexity index is 650. The maximum Gasteiger partial charge on any atom is 0.419 e. The molecule has 0 atom stereocenters. The third-order valence-electron chi connectivity index (χ3n) is 3.21. The minimum absolute atomic E-state index is 0.185. The van der Waals surface area contributed by atoms with Crippen molar-refractivity contribution in [2.75, 3.05) is 0 Å². The molecule has 0 heterocycles. The van der Waals surface area contributed by atoms with Gasteiger partial charge in [0.1, 0.15) is 11.5 Å². The summed E-state index contributed by atoms with van der Waals surface area (Å²) in [5.41, 5.74) is 1.82. The van der Waals surface area contributed by atoms with Crippen molar-refractivity contribution >= 4 is 15.9 Å². The van der Waals surface area contributed by atoms with Crippen LogP contribution in [0.5, 0.6) is 11.5 Å². The Balaban J connectivity index is 2.41. The van der Waals surface area contributed by atoms with Crippen LogP contribution in [0.2, 0.25) is 0 Å². The Morgan fingerprint density at radius 3 is 2.29 bits per heavy atom. The van der Waals surface area contributed by atoms with Crippen molar-refractivity contribution in [3.05, 3.63) is 58.7 Å². The van der Waals surface area contributed by atoms with E-state index < -0.39 is 11.7 Å². The third-order valence-corrected chi connectivity index (χ3v) is 3.86. The molecule has 2 aromatic rings. The Hall–Kier alpha value is -1.49. The van der Waals surface area contributed by atoms with Crippen LogP contribution in [-0.2, 0) is 11.5 Å². The van der Waals surface area contributed by atoms with Gasteiger partial charge < -0.3 is 4.74 Å². The summed E-state index contributed by atoms with van der Waals surface area (Å²) in [7, 11) is 0. The number of alkyl halides is 4. The molecular weight excluding hydrogens is 345 g/mol. The molecule has 0 aromatic heterocycles. The predicted octanol–water partition coefficient (Wildman–Crippen LogP) is 6.01. The SMILES string of the molecule is Cc1ccc(Oc2ccc(CBr)cc2C(F)(F)F)cc1C. The van der Waals surface area contributed by atoms with Crippen LogP contribution in [-0.4, -0.2) is 0 Å². The zero-order chi connectivity index (χ0) is 15.6. The summed E-state index contributed by atoms with van der Waals surface area (Å²) >= 11 is 3.16. The second kappa shape index (κ2) is 6.10. The quantitative estimate of drug-likeness (QED) is 0.610. The molecule has 1 nitrogen and oxygen atoms in total. The van der Waals surface area contributed by atoms with E-state index in [1.165, 1.54) is 6.07 Å². The van der Waals surface area contributed by atoms with E-state index >= 15 is 0 Å². The van der Waals surface area contributed by atoms with Gasteiger partial charge in [-0.15, -0.1) is 0 Å². The molecule has 0 saturated heterocycles. The largest absolute Gasteiger partial charge is 0.457 e. The number of hydrogen-bond acceptors (Lipinski definition) is 1. The van der Waals surface area contributed by atoms with E-state index in [1.54, 1.807) is 18.2 Å². The van der Waals surface area contributed by atoms with E-state index in [-0.39, 0.29) is 5.75 Å². The lowest BCUT2D eigenvalue weighted by Crippen LogP contribution is -2.08. The number of hydrogen-bond donors (Lipinski definition) is 0. The zero-order valence-corrected chi connectivity index (χ0v) is 13.2. The van der Waals surface area contributed by atoms with Crippen molar-refractivity contribution in [3.63, 3.8) is 0 Å². The molecule has 0 radical (unpaired) electrons. The number of benzene rings is 2. The fourth-order valence-electron chi connectivity index (χ4n) is 1.88. The summed E-state index contributed by atoms with van der Waals surface area (Å²) in [6.07, 6.45) is -4.45. The fourth-order valence-corrected chi connectivity index (χ4v) is 2.22. The lowest BCUT2D eigenvalue weighted by atomic mass is 10.1. The molecule has 2 rings (SSSR count). The van der Waals surface area contributed by atoms with Crippen LogP contribution in [0.15, 0.2) is 36.4 Å². The molecule has 0 amide bonds. The van der Waals surface area contributed by atoms with Gasteiger partial charge in [-0.3, -0.25) is 0 Å². The predicted molar refractivity (Wildman–Crippen MR) is 80.1 cm³/mol. The zero-order valence-electron chi connectivity index (χ0n) is 11.6. The molecule has 0 spiro atoms. The molecule has 0 saturated carbocycles. The normalized spacial score (nSPS) is 11.5. The molecule has 0 fully saturated rings. The van der Waals surface area contributed by atoms with E-state index in [4.69, 9.17) is 4.74 Å². The Labute approximate surface area is 129 Å². The molecule has 21 heavy (non-hydrogen) atoms. The van der Waals surface area contributed by atoms with Crippen LogP contribution < -0.4 is 4.74 Å². The van der Waals surface area contributed by atoms with Crippen molar-refractivity contribution in [1.29, 1.82) is 0 Å². The van der Waals surface area contributed by atoms with E-state index in [9.17, 15) is 13.2 Å². The second-order valence-electron chi connectivity index (χ2n) is 4.81. The molecule has 5 heteroatoms. The first-order chi connectivity index (χ1) is 9.81.